The highest BCUT2D eigenvalue weighted by atomic mass is 32.2. The number of rotatable bonds is 3. The average molecular weight is 281 g/mol. The number of nitrogens with zero attached hydrogens (tertiary/aromatic N) is 1. The quantitative estimate of drug-likeness (QED) is 0.842. The van der Waals surface area contributed by atoms with Gasteiger partial charge in [0.25, 0.3) is 10.0 Å². The smallest absolute Gasteiger partial charge is 0.282 e. The Morgan fingerprint density at radius 1 is 1.32 bits per heavy atom. The number of nitrogen functional groups attached to an aromatic ring is 1. The van der Waals surface area contributed by atoms with Crippen LogP contribution in [0.1, 0.15) is 5.56 Å². The predicted octanol–water partition coefficient (Wildman–Crippen LogP) is 1.91. The van der Waals surface area contributed by atoms with Crippen LogP contribution in [-0.2, 0) is 10.0 Å². The molecule has 0 amide bonds. The number of benzene rings is 1. The number of hydrogen-bond acceptors (Lipinski definition) is 4. The van der Waals surface area contributed by atoms with Gasteiger partial charge in [-0.25, -0.2) is 9.37 Å². The van der Waals surface area contributed by atoms with E-state index in [0.29, 0.717) is 16.9 Å². The van der Waals surface area contributed by atoms with Crippen molar-refractivity contribution in [2.75, 3.05) is 10.5 Å². The van der Waals surface area contributed by atoms with E-state index in [2.05, 4.69) is 9.71 Å². The van der Waals surface area contributed by atoms with Gasteiger partial charge in [0.05, 0.1) is 5.69 Å². The Labute approximate surface area is 110 Å². The van der Waals surface area contributed by atoms with Crippen molar-refractivity contribution in [2.24, 2.45) is 0 Å². The molecule has 0 saturated heterocycles. The van der Waals surface area contributed by atoms with Gasteiger partial charge in [-0.1, -0.05) is 6.07 Å². The molecule has 0 unspecified atom stereocenters. The van der Waals surface area contributed by atoms with Gasteiger partial charge >= 0.3 is 0 Å². The minimum atomic E-state index is -4.07. The summed E-state index contributed by atoms with van der Waals surface area (Å²) in [6.45, 7) is 1.71. The number of hydrogen-bond donors (Lipinski definition) is 2. The van der Waals surface area contributed by atoms with E-state index >= 15 is 0 Å². The number of halogens is 1. The molecule has 1 heterocycles. The van der Waals surface area contributed by atoms with Crippen LogP contribution in [0.2, 0.25) is 0 Å². The van der Waals surface area contributed by atoms with Gasteiger partial charge < -0.3 is 5.73 Å². The van der Waals surface area contributed by atoms with Gasteiger partial charge in [-0.2, -0.15) is 8.42 Å². The van der Waals surface area contributed by atoms with E-state index in [4.69, 9.17) is 5.73 Å². The highest BCUT2D eigenvalue weighted by molar-refractivity contribution is 7.92. The second kappa shape index (κ2) is 4.85. The average Bonchev–Trinajstić information content (AvgIpc) is 2.34. The van der Waals surface area contributed by atoms with Crippen molar-refractivity contribution in [1.82, 2.24) is 4.98 Å². The fourth-order valence-corrected chi connectivity index (χ4v) is 2.64. The summed E-state index contributed by atoms with van der Waals surface area (Å²) in [6, 6.07) is 7.14. The molecular weight excluding hydrogens is 269 g/mol. The van der Waals surface area contributed by atoms with Crippen LogP contribution in [0.15, 0.2) is 41.6 Å². The zero-order chi connectivity index (χ0) is 14.0. The maximum Gasteiger partial charge on any atom is 0.282 e. The van der Waals surface area contributed by atoms with E-state index in [9.17, 15) is 12.8 Å². The second-order valence-electron chi connectivity index (χ2n) is 3.97. The Hall–Kier alpha value is -2.15. The van der Waals surface area contributed by atoms with E-state index < -0.39 is 20.9 Å². The first-order chi connectivity index (χ1) is 8.90. The number of pyridine rings is 1. The standard InChI is InChI=1S/C12H12FN3O2S/c1-8-4-5-9(14)7-11(8)16-19(17,18)12-10(13)3-2-6-15-12/h2-7,16H,14H2,1H3. The first-order valence-corrected chi connectivity index (χ1v) is 6.88. The molecule has 0 aliphatic carbocycles. The monoisotopic (exact) mass is 281 g/mol. The SMILES string of the molecule is Cc1ccc(N)cc1NS(=O)(=O)c1ncccc1F. The van der Waals surface area contributed by atoms with E-state index in [1.165, 1.54) is 18.3 Å². The molecule has 3 N–H and O–H groups in total. The predicted molar refractivity (Wildman–Crippen MR) is 70.6 cm³/mol. The van der Waals surface area contributed by atoms with Gasteiger partial charge in [-0.05, 0) is 36.8 Å². The zero-order valence-electron chi connectivity index (χ0n) is 10.1. The molecule has 0 spiro atoms. The molecule has 5 nitrogen and oxygen atoms in total. The van der Waals surface area contributed by atoms with Crippen LogP contribution in [-0.4, -0.2) is 13.4 Å². The summed E-state index contributed by atoms with van der Waals surface area (Å²) in [7, 11) is -4.07. The zero-order valence-corrected chi connectivity index (χ0v) is 10.9. The van der Waals surface area contributed by atoms with Gasteiger partial charge in [0.2, 0.25) is 5.03 Å². The second-order valence-corrected chi connectivity index (χ2v) is 5.57. The highest BCUT2D eigenvalue weighted by Gasteiger charge is 2.21. The Bertz CT molecular complexity index is 717. The topological polar surface area (TPSA) is 85.1 Å². The van der Waals surface area contributed by atoms with E-state index in [0.717, 1.165) is 6.07 Å². The minimum absolute atomic E-state index is 0.296. The molecule has 100 valence electrons. The molecule has 0 aliphatic rings. The normalized spacial score (nSPS) is 11.3. The van der Waals surface area contributed by atoms with Gasteiger partial charge in [0.15, 0.2) is 5.82 Å². The molecule has 0 saturated carbocycles. The molecule has 0 fully saturated rings. The Morgan fingerprint density at radius 2 is 2.05 bits per heavy atom. The largest absolute Gasteiger partial charge is 0.399 e. The third kappa shape index (κ3) is 2.82. The molecule has 0 atom stereocenters. The van der Waals surface area contributed by atoms with Gasteiger partial charge in [-0.3, -0.25) is 4.72 Å². The summed E-state index contributed by atoms with van der Waals surface area (Å²) < 4.78 is 39.8. The van der Waals surface area contributed by atoms with Gasteiger partial charge in [0.1, 0.15) is 0 Å². The molecule has 2 aromatic rings. The third-order valence-electron chi connectivity index (χ3n) is 2.49. The lowest BCUT2D eigenvalue weighted by atomic mass is 10.2. The number of nitrogens with one attached hydrogen (secondary N) is 1. The number of anilines is 2. The molecule has 19 heavy (non-hydrogen) atoms. The molecule has 7 heteroatoms. The fourth-order valence-electron chi connectivity index (χ4n) is 1.51. The Kier molecular flexibility index (Phi) is 3.39. The van der Waals surface area contributed by atoms with Crippen molar-refractivity contribution in [2.45, 2.75) is 11.9 Å². The molecule has 0 radical (unpaired) electrons. The lowest BCUT2D eigenvalue weighted by Gasteiger charge is -2.10. The van der Waals surface area contributed by atoms with E-state index in [-0.39, 0.29) is 0 Å². The van der Waals surface area contributed by atoms with Crippen molar-refractivity contribution < 1.29 is 12.8 Å². The summed E-state index contributed by atoms with van der Waals surface area (Å²) in [4.78, 5) is 3.54. The van der Waals surface area contributed by atoms with Crippen molar-refractivity contribution in [3.05, 3.63) is 47.9 Å². The number of sulfonamides is 1. The molecule has 2 rings (SSSR count). The lowest BCUT2D eigenvalue weighted by Crippen LogP contribution is -2.17. The maximum absolute atomic E-state index is 13.5. The first-order valence-electron chi connectivity index (χ1n) is 5.39. The molecule has 0 bridgehead atoms. The molecular formula is C12H12FN3O2S. The van der Waals surface area contributed by atoms with Crippen LogP contribution in [0.5, 0.6) is 0 Å². The van der Waals surface area contributed by atoms with Crippen LogP contribution >= 0.6 is 0 Å². The summed E-state index contributed by atoms with van der Waals surface area (Å²) in [5.41, 5.74) is 6.97. The molecule has 0 aliphatic heterocycles. The highest BCUT2D eigenvalue weighted by Crippen LogP contribution is 2.22. The Balaban J connectivity index is 2.43. The lowest BCUT2D eigenvalue weighted by molar-refractivity contribution is 0.557. The summed E-state index contributed by atoms with van der Waals surface area (Å²) in [5.74, 6) is -0.906. The van der Waals surface area contributed by atoms with Crippen LogP contribution in [0.3, 0.4) is 0 Å². The van der Waals surface area contributed by atoms with Crippen molar-refractivity contribution in [1.29, 1.82) is 0 Å². The summed E-state index contributed by atoms with van der Waals surface area (Å²) in [5, 5.41) is -0.642. The van der Waals surface area contributed by atoms with E-state index in [1.54, 1.807) is 19.1 Å². The van der Waals surface area contributed by atoms with Crippen molar-refractivity contribution in [3.8, 4) is 0 Å². The number of aryl methyl sites for hydroxylation is 1. The van der Waals surface area contributed by atoms with Gasteiger partial charge in [-0.15, -0.1) is 0 Å². The summed E-state index contributed by atoms with van der Waals surface area (Å²) in [6.07, 6.45) is 1.21. The number of aromatic nitrogens is 1. The third-order valence-corrected chi connectivity index (χ3v) is 3.78. The van der Waals surface area contributed by atoms with Crippen LogP contribution in [0, 0.1) is 12.7 Å². The fraction of sp³-hybridized carbons (Fsp3) is 0.0833. The minimum Gasteiger partial charge on any atom is -0.399 e. The molecule has 1 aromatic carbocycles. The first kappa shape index (κ1) is 13.3. The van der Waals surface area contributed by atoms with E-state index in [1.807, 2.05) is 0 Å². The maximum atomic E-state index is 13.5. The number of nitrogens with two attached hydrogens (primary N) is 1. The summed E-state index contributed by atoms with van der Waals surface area (Å²) >= 11 is 0. The van der Waals surface area contributed by atoms with Crippen molar-refractivity contribution >= 4 is 21.4 Å². The van der Waals surface area contributed by atoms with Gasteiger partial charge in [0, 0.05) is 11.9 Å². The van der Waals surface area contributed by atoms with Crippen molar-refractivity contribution in [3.63, 3.8) is 0 Å². The van der Waals surface area contributed by atoms with Crippen LogP contribution in [0.4, 0.5) is 15.8 Å². The Morgan fingerprint density at radius 3 is 2.74 bits per heavy atom. The van der Waals surface area contributed by atoms with Crippen LogP contribution in [0.25, 0.3) is 0 Å². The molecule has 1 aromatic heterocycles. The van der Waals surface area contributed by atoms with Crippen LogP contribution < -0.4 is 10.5 Å².